The zero-order chi connectivity index (χ0) is 12.4. The lowest BCUT2D eigenvalue weighted by Crippen LogP contribution is -2.40. The molecule has 1 aromatic carbocycles. The molecule has 1 saturated heterocycles. The summed E-state index contributed by atoms with van der Waals surface area (Å²) in [6.07, 6.45) is 1.20. The molecular weight excluding hydrogens is 289 g/mol. The molecule has 5 heteroatoms. The van der Waals surface area contributed by atoms with Gasteiger partial charge >= 0.3 is 0 Å². The van der Waals surface area contributed by atoms with Crippen LogP contribution in [-0.4, -0.2) is 29.7 Å². The van der Waals surface area contributed by atoms with Crippen LogP contribution in [0.4, 0.5) is 4.39 Å². The third-order valence-corrected chi connectivity index (χ3v) is 3.53. The van der Waals surface area contributed by atoms with Gasteiger partial charge in [0.15, 0.2) is 5.78 Å². The normalized spacial score (nSPS) is 16.1. The molecule has 1 aliphatic rings. The fraction of sp³-hybridized carbons (Fsp3) is 0.333. The lowest BCUT2D eigenvalue weighted by atomic mass is 10.1. The van der Waals surface area contributed by atoms with Gasteiger partial charge in [-0.2, -0.15) is 0 Å². The fourth-order valence-corrected chi connectivity index (χ4v) is 2.28. The summed E-state index contributed by atoms with van der Waals surface area (Å²) in [4.78, 5) is 24.8. The zero-order valence-corrected chi connectivity index (χ0v) is 10.7. The van der Waals surface area contributed by atoms with Crippen molar-refractivity contribution in [2.24, 2.45) is 0 Å². The van der Waals surface area contributed by atoms with Crippen LogP contribution < -0.4 is 0 Å². The number of nitrogens with zero attached hydrogens (tertiary/aromatic N) is 1. The molecular formula is C12H11BrFNO2. The highest BCUT2D eigenvalue weighted by molar-refractivity contribution is 9.10. The number of hydrogen-bond donors (Lipinski definition) is 0. The highest BCUT2D eigenvalue weighted by atomic mass is 79.9. The first-order valence-electron chi connectivity index (χ1n) is 5.34. The molecule has 90 valence electrons. The first kappa shape index (κ1) is 12.2. The quantitative estimate of drug-likeness (QED) is 0.798. The van der Waals surface area contributed by atoms with Crippen molar-refractivity contribution in [1.82, 2.24) is 4.90 Å². The lowest BCUT2D eigenvalue weighted by molar-refractivity contribution is -0.121. The molecule has 1 amide bonds. The molecule has 1 aliphatic heterocycles. The Morgan fingerprint density at radius 1 is 1.41 bits per heavy atom. The van der Waals surface area contributed by atoms with Crippen molar-refractivity contribution in [2.75, 3.05) is 13.1 Å². The van der Waals surface area contributed by atoms with Crippen LogP contribution in [0.15, 0.2) is 22.7 Å². The van der Waals surface area contributed by atoms with Gasteiger partial charge in [0.2, 0.25) is 0 Å². The number of rotatable bonds is 1. The zero-order valence-electron chi connectivity index (χ0n) is 9.08. The highest BCUT2D eigenvalue weighted by Gasteiger charge is 2.24. The predicted molar refractivity (Wildman–Crippen MR) is 64.2 cm³/mol. The molecule has 3 nitrogen and oxygen atoms in total. The highest BCUT2D eigenvalue weighted by Crippen LogP contribution is 2.22. The van der Waals surface area contributed by atoms with E-state index in [1.807, 2.05) is 0 Å². The molecule has 0 N–H and O–H groups in total. The van der Waals surface area contributed by atoms with Crippen molar-refractivity contribution in [3.05, 3.63) is 34.1 Å². The van der Waals surface area contributed by atoms with Crippen molar-refractivity contribution < 1.29 is 14.0 Å². The van der Waals surface area contributed by atoms with Crippen LogP contribution >= 0.6 is 15.9 Å². The first-order chi connectivity index (χ1) is 8.09. The van der Waals surface area contributed by atoms with Gasteiger partial charge in [0.05, 0.1) is 16.6 Å². The molecule has 2 rings (SSSR count). The maximum absolute atomic E-state index is 13.3. The molecule has 0 aliphatic carbocycles. The van der Waals surface area contributed by atoms with E-state index in [1.54, 1.807) is 6.07 Å². The molecule has 17 heavy (non-hydrogen) atoms. The van der Waals surface area contributed by atoms with E-state index in [2.05, 4.69) is 15.9 Å². The largest absolute Gasteiger partial charge is 0.331 e. The van der Waals surface area contributed by atoms with Crippen LogP contribution in [0, 0.1) is 5.82 Å². The molecule has 1 fully saturated rings. The fourth-order valence-electron chi connectivity index (χ4n) is 1.85. The summed E-state index contributed by atoms with van der Waals surface area (Å²) in [5, 5.41) is 0. The summed E-state index contributed by atoms with van der Waals surface area (Å²) in [7, 11) is 0. The van der Waals surface area contributed by atoms with Gasteiger partial charge in [0.1, 0.15) is 5.82 Å². The second-order valence-corrected chi connectivity index (χ2v) is 4.76. The molecule has 1 heterocycles. The average molecular weight is 300 g/mol. The number of carbonyl (C=O) groups excluding carboxylic acids is 2. The van der Waals surface area contributed by atoms with Crippen LogP contribution in [0.1, 0.15) is 23.2 Å². The van der Waals surface area contributed by atoms with Gasteiger partial charge in [-0.15, -0.1) is 0 Å². The molecule has 0 bridgehead atoms. The van der Waals surface area contributed by atoms with Gasteiger partial charge in [0, 0.05) is 13.0 Å². The van der Waals surface area contributed by atoms with E-state index in [0.29, 0.717) is 19.4 Å². The van der Waals surface area contributed by atoms with Crippen LogP contribution in [0.25, 0.3) is 0 Å². The number of amides is 1. The maximum Gasteiger partial charge on any atom is 0.255 e. The summed E-state index contributed by atoms with van der Waals surface area (Å²) in [6, 6.07) is 4.32. The summed E-state index contributed by atoms with van der Waals surface area (Å²) in [6.45, 7) is 0.676. The van der Waals surface area contributed by atoms with E-state index in [-0.39, 0.29) is 28.3 Å². The molecule has 1 aromatic rings. The van der Waals surface area contributed by atoms with Gasteiger partial charge in [-0.05, 0) is 34.5 Å². The van der Waals surface area contributed by atoms with E-state index < -0.39 is 5.82 Å². The second kappa shape index (κ2) is 4.96. The van der Waals surface area contributed by atoms with Gasteiger partial charge in [0.25, 0.3) is 5.91 Å². The predicted octanol–water partition coefficient (Wildman–Crippen LogP) is 2.39. The Morgan fingerprint density at radius 2 is 2.18 bits per heavy atom. The number of Topliss-reactive ketones (excluding diaryl/α,β-unsaturated/α-hetero) is 1. The molecule has 0 aromatic heterocycles. The minimum Gasteiger partial charge on any atom is -0.331 e. The second-order valence-electron chi connectivity index (χ2n) is 3.97. The number of halogens is 2. The molecule has 0 radical (unpaired) electrons. The third-order valence-electron chi connectivity index (χ3n) is 2.72. The van der Waals surface area contributed by atoms with E-state index in [0.717, 1.165) is 0 Å². The number of ketones is 1. The number of likely N-dealkylation sites (tertiary alicyclic amines) is 1. The SMILES string of the molecule is O=C1CCCN(C(=O)c2cccc(F)c2Br)C1. The molecule has 0 atom stereocenters. The Kier molecular flexibility index (Phi) is 3.57. The van der Waals surface area contributed by atoms with Crippen molar-refractivity contribution in [1.29, 1.82) is 0 Å². The van der Waals surface area contributed by atoms with Crippen LogP contribution in [0.3, 0.4) is 0 Å². The number of piperidine rings is 1. The summed E-state index contributed by atoms with van der Waals surface area (Å²) in [5.41, 5.74) is 0.264. The average Bonchev–Trinajstić information content (AvgIpc) is 2.32. The van der Waals surface area contributed by atoms with Gasteiger partial charge in [-0.25, -0.2) is 4.39 Å². The van der Waals surface area contributed by atoms with E-state index >= 15 is 0 Å². The third kappa shape index (κ3) is 2.54. The lowest BCUT2D eigenvalue weighted by Gasteiger charge is -2.26. The summed E-state index contributed by atoms with van der Waals surface area (Å²) >= 11 is 3.06. The Bertz CT molecular complexity index is 476. The minimum absolute atomic E-state index is 0.0529. The van der Waals surface area contributed by atoms with Crippen LogP contribution in [-0.2, 0) is 4.79 Å². The van der Waals surface area contributed by atoms with E-state index in [1.165, 1.54) is 17.0 Å². The minimum atomic E-state index is -0.473. The van der Waals surface area contributed by atoms with Gasteiger partial charge < -0.3 is 4.90 Å². The molecule has 0 spiro atoms. The van der Waals surface area contributed by atoms with Crippen LogP contribution in [0.2, 0.25) is 0 Å². The standard InChI is InChI=1S/C12H11BrFNO2/c13-11-9(4-1-5-10(11)14)12(17)15-6-2-3-8(16)7-15/h1,4-5H,2-3,6-7H2. The van der Waals surface area contributed by atoms with E-state index in [4.69, 9.17) is 0 Å². The molecule has 0 unspecified atom stereocenters. The Labute approximate surface area is 107 Å². The van der Waals surface area contributed by atoms with Crippen molar-refractivity contribution in [2.45, 2.75) is 12.8 Å². The van der Waals surface area contributed by atoms with Crippen LogP contribution in [0.5, 0.6) is 0 Å². The van der Waals surface area contributed by atoms with E-state index in [9.17, 15) is 14.0 Å². The Morgan fingerprint density at radius 3 is 2.88 bits per heavy atom. The van der Waals surface area contributed by atoms with Crippen molar-refractivity contribution in [3.8, 4) is 0 Å². The maximum atomic E-state index is 13.3. The first-order valence-corrected chi connectivity index (χ1v) is 6.14. The Balaban J connectivity index is 2.24. The summed E-state index contributed by atoms with van der Waals surface area (Å²) < 4.78 is 13.5. The number of carbonyl (C=O) groups is 2. The van der Waals surface area contributed by atoms with Gasteiger partial charge in [-0.1, -0.05) is 6.07 Å². The smallest absolute Gasteiger partial charge is 0.255 e. The monoisotopic (exact) mass is 299 g/mol. The van der Waals surface area contributed by atoms with Gasteiger partial charge in [-0.3, -0.25) is 9.59 Å². The van der Waals surface area contributed by atoms with Crippen molar-refractivity contribution >= 4 is 27.6 Å². The number of hydrogen-bond acceptors (Lipinski definition) is 2. The Hall–Kier alpha value is -1.23. The van der Waals surface area contributed by atoms with Crippen molar-refractivity contribution in [3.63, 3.8) is 0 Å². The topological polar surface area (TPSA) is 37.4 Å². The number of benzene rings is 1. The molecule has 0 saturated carbocycles. The summed E-state index contributed by atoms with van der Waals surface area (Å²) in [5.74, 6) is -0.722.